The van der Waals surface area contributed by atoms with Gasteiger partial charge in [-0.15, -0.1) is 0 Å². The number of amides is 3. The summed E-state index contributed by atoms with van der Waals surface area (Å²) in [5.41, 5.74) is 5.76. The Hall–Kier alpha value is -2.28. The first-order chi connectivity index (χ1) is 9.51. The molecule has 1 fully saturated rings. The third-order valence-electron chi connectivity index (χ3n) is 2.60. The van der Waals surface area contributed by atoms with Crippen LogP contribution in [-0.4, -0.2) is 35.6 Å². The SMILES string of the molecule is COc1ccc(C=C2SC(=O)N(CC(N)=O)C2=O)cc1. The van der Waals surface area contributed by atoms with Gasteiger partial charge < -0.3 is 10.5 Å². The summed E-state index contributed by atoms with van der Waals surface area (Å²) in [6.07, 6.45) is 1.59. The van der Waals surface area contributed by atoms with Gasteiger partial charge in [0, 0.05) is 0 Å². The number of benzene rings is 1. The van der Waals surface area contributed by atoms with E-state index in [1.165, 1.54) is 0 Å². The van der Waals surface area contributed by atoms with Crippen molar-refractivity contribution < 1.29 is 19.1 Å². The van der Waals surface area contributed by atoms with Gasteiger partial charge in [0.25, 0.3) is 11.1 Å². The number of primary amides is 1. The second-order valence-corrected chi connectivity index (χ2v) is 5.00. The molecular weight excluding hydrogens is 280 g/mol. The third kappa shape index (κ3) is 3.00. The molecule has 2 rings (SSSR count). The van der Waals surface area contributed by atoms with E-state index in [2.05, 4.69) is 0 Å². The summed E-state index contributed by atoms with van der Waals surface area (Å²) in [6, 6.07) is 7.03. The average molecular weight is 292 g/mol. The maximum Gasteiger partial charge on any atom is 0.294 e. The predicted octanol–water partition coefficient (Wildman–Crippen LogP) is 1.22. The molecule has 1 saturated heterocycles. The molecule has 7 heteroatoms. The standard InChI is InChI=1S/C13H12N2O4S/c1-19-9-4-2-8(3-5-9)6-10-12(17)15(7-11(14)16)13(18)20-10/h2-6H,7H2,1H3,(H2,14,16). The zero-order valence-electron chi connectivity index (χ0n) is 10.7. The highest BCUT2D eigenvalue weighted by atomic mass is 32.2. The van der Waals surface area contributed by atoms with Crippen LogP contribution >= 0.6 is 11.8 Å². The van der Waals surface area contributed by atoms with Crippen LogP contribution in [0.15, 0.2) is 29.2 Å². The van der Waals surface area contributed by atoms with Crippen molar-refractivity contribution in [2.75, 3.05) is 13.7 Å². The largest absolute Gasteiger partial charge is 0.497 e. The van der Waals surface area contributed by atoms with Crippen LogP contribution in [0.1, 0.15) is 5.56 Å². The number of hydrogen-bond donors (Lipinski definition) is 1. The van der Waals surface area contributed by atoms with Crippen molar-refractivity contribution in [2.45, 2.75) is 0 Å². The van der Waals surface area contributed by atoms with Crippen LogP contribution in [0.4, 0.5) is 4.79 Å². The van der Waals surface area contributed by atoms with Crippen LogP contribution in [0, 0.1) is 0 Å². The van der Waals surface area contributed by atoms with E-state index in [-0.39, 0.29) is 4.91 Å². The molecule has 2 N–H and O–H groups in total. The topological polar surface area (TPSA) is 89.7 Å². The Bertz CT molecular complexity index is 595. The van der Waals surface area contributed by atoms with E-state index >= 15 is 0 Å². The molecule has 1 aliphatic rings. The molecule has 0 spiro atoms. The molecule has 1 aliphatic heterocycles. The molecule has 104 valence electrons. The van der Waals surface area contributed by atoms with Crippen LogP contribution < -0.4 is 10.5 Å². The fourth-order valence-electron chi connectivity index (χ4n) is 1.64. The van der Waals surface area contributed by atoms with Gasteiger partial charge >= 0.3 is 0 Å². The van der Waals surface area contributed by atoms with Crippen LogP contribution in [0.3, 0.4) is 0 Å². The van der Waals surface area contributed by atoms with E-state index in [0.29, 0.717) is 5.75 Å². The second-order valence-electron chi connectivity index (χ2n) is 4.01. The number of thioether (sulfide) groups is 1. The number of imide groups is 1. The number of methoxy groups -OCH3 is 1. The molecule has 1 aromatic carbocycles. The summed E-state index contributed by atoms with van der Waals surface area (Å²) in [4.78, 5) is 35.5. The Morgan fingerprint density at radius 1 is 1.35 bits per heavy atom. The Labute approximate surface area is 119 Å². The smallest absolute Gasteiger partial charge is 0.294 e. The summed E-state index contributed by atoms with van der Waals surface area (Å²) >= 11 is 0.788. The van der Waals surface area contributed by atoms with Crippen LogP contribution in [-0.2, 0) is 9.59 Å². The highest BCUT2D eigenvalue weighted by molar-refractivity contribution is 8.18. The number of carbonyl (C=O) groups is 3. The summed E-state index contributed by atoms with van der Waals surface area (Å²) in [6.45, 7) is -0.398. The van der Waals surface area contributed by atoms with E-state index in [1.54, 1.807) is 37.5 Å². The Morgan fingerprint density at radius 2 is 2.00 bits per heavy atom. The molecule has 0 aliphatic carbocycles. The lowest BCUT2D eigenvalue weighted by atomic mass is 10.2. The molecule has 0 aromatic heterocycles. The molecule has 20 heavy (non-hydrogen) atoms. The van der Waals surface area contributed by atoms with E-state index in [1.807, 2.05) is 0 Å². The number of nitrogens with two attached hydrogens (primary N) is 1. The van der Waals surface area contributed by atoms with Crippen LogP contribution in [0.2, 0.25) is 0 Å². The van der Waals surface area contributed by atoms with Gasteiger partial charge in [0.15, 0.2) is 0 Å². The van der Waals surface area contributed by atoms with Gasteiger partial charge in [-0.3, -0.25) is 19.3 Å². The minimum atomic E-state index is -0.724. The van der Waals surface area contributed by atoms with Crippen molar-refractivity contribution >= 4 is 34.9 Å². The number of nitrogens with zero attached hydrogens (tertiary/aromatic N) is 1. The Morgan fingerprint density at radius 3 is 2.55 bits per heavy atom. The van der Waals surface area contributed by atoms with Crippen molar-refractivity contribution in [1.82, 2.24) is 4.90 Å². The van der Waals surface area contributed by atoms with Crippen molar-refractivity contribution in [3.63, 3.8) is 0 Å². The normalized spacial score (nSPS) is 16.9. The zero-order valence-corrected chi connectivity index (χ0v) is 11.5. The molecule has 0 bridgehead atoms. The first-order valence-corrected chi connectivity index (χ1v) is 6.50. The molecule has 6 nitrogen and oxygen atoms in total. The third-order valence-corrected chi connectivity index (χ3v) is 3.51. The maximum atomic E-state index is 12.0. The zero-order chi connectivity index (χ0) is 14.7. The van der Waals surface area contributed by atoms with Gasteiger partial charge in [0.1, 0.15) is 12.3 Å². The number of carbonyl (C=O) groups excluding carboxylic acids is 3. The maximum absolute atomic E-state index is 12.0. The van der Waals surface area contributed by atoms with Gasteiger partial charge in [-0.1, -0.05) is 12.1 Å². The Kier molecular flexibility index (Phi) is 4.09. The lowest BCUT2D eigenvalue weighted by molar-refractivity contribution is -0.127. The summed E-state index contributed by atoms with van der Waals surface area (Å²) < 4.78 is 5.03. The van der Waals surface area contributed by atoms with Crippen molar-refractivity contribution in [3.05, 3.63) is 34.7 Å². The van der Waals surface area contributed by atoms with Gasteiger partial charge in [0.05, 0.1) is 12.0 Å². The first-order valence-electron chi connectivity index (χ1n) is 5.69. The Balaban J connectivity index is 2.20. The van der Waals surface area contributed by atoms with Crippen molar-refractivity contribution in [1.29, 1.82) is 0 Å². The van der Waals surface area contributed by atoms with E-state index < -0.39 is 23.6 Å². The van der Waals surface area contributed by atoms with Crippen LogP contribution in [0.25, 0.3) is 6.08 Å². The molecule has 1 heterocycles. The van der Waals surface area contributed by atoms with Gasteiger partial charge in [-0.2, -0.15) is 0 Å². The molecule has 0 atom stereocenters. The molecular formula is C13H12N2O4S. The second kappa shape index (κ2) is 5.79. The molecule has 3 amide bonds. The lowest BCUT2D eigenvalue weighted by Gasteiger charge is -2.08. The van der Waals surface area contributed by atoms with E-state index in [4.69, 9.17) is 10.5 Å². The minimum Gasteiger partial charge on any atom is -0.497 e. The quantitative estimate of drug-likeness (QED) is 0.843. The van der Waals surface area contributed by atoms with Gasteiger partial charge in [0.2, 0.25) is 5.91 Å². The molecule has 0 saturated carbocycles. The fourth-order valence-corrected chi connectivity index (χ4v) is 2.48. The van der Waals surface area contributed by atoms with E-state index in [0.717, 1.165) is 22.2 Å². The summed E-state index contributed by atoms with van der Waals surface area (Å²) in [5.74, 6) is -0.531. The number of ether oxygens (including phenoxy) is 1. The highest BCUT2D eigenvalue weighted by Crippen LogP contribution is 2.32. The minimum absolute atomic E-state index is 0.265. The number of rotatable bonds is 4. The average Bonchev–Trinajstić information content (AvgIpc) is 2.67. The lowest BCUT2D eigenvalue weighted by Crippen LogP contribution is -2.36. The van der Waals surface area contributed by atoms with Gasteiger partial charge in [-0.25, -0.2) is 0 Å². The highest BCUT2D eigenvalue weighted by Gasteiger charge is 2.35. The van der Waals surface area contributed by atoms with Crippen molar-refractivity contribution in [2.24, 2.45) is 5.73 Å². The molecule has 0 radical (unpaired) electrons. The van der Waals surface area contributed by atoms with Crippen LogP contribution in [0.5, 0.6) is 5.75 Å². The number of hydrogen-bond acceptors (Lipinski definition) is 5. The molecule has 0 unspecified atom stereocenters. The van der Waals surface area contributed by atoms with Crippen molar-refractivity contribution in [3.8, 4) is 5.75 Å². The monoisotopic (exact) mass is 292 g/mol. The first kappa shape index (κ1) is 14.1. The summed E-state index contributed by atoms with van der Waals surface area (Å²) in [5, 5.41) is -0.492. The van der Waals surface area contributed by atoms with E-state index in [9.17, 15) is 14.4 Å². The van der Waals surface area contributed by atoms with Gasteiger partial charge in [-0.05, 0) is 35.5 Å². The fraction of sp³-hybridized carbons (Fsp3) is 0.154. The summed E-state index contributed by atoms with van der Waals surface area (Å²) in [7, 11) is 1.56. The molecule has 1 aromatic rings. The predicted molar refractivity (Wildman–Crippen MR) is 74.9 cm³/mol.